The molecule has 10 heteroatoms. The van der Waals surface area contributed by atoms with Crippen molar-refractivity contribution in [3.63, 3.8) is 0 Å². The summed E-state index contributed by atoms with van der Waals surface area (Å²) in [6.07, 6.45) is 1.63. The number of carbonyl (C=O) groups is 3. The van der Waals surface area contributed by atoms with E-state index in [2.05, 4.69) is 10.6 Å². The second-order valence-corrected chi connectivity index (χ2v) is 14.9. The number of nitrogens with one attached hydrogen (secondary N) is 2. The molecule has 34 heavy (non-hydrogen) atoms. The molecule has 1 fully saturated rings. The van der Waals surface area contributed by atoms with Crippen molar-refractivity contribution in [1.29, 1.82) is 0 Å². The SMILES string of the molecule is COC(=O)[C@@H]1CCCN1C(=O)C(NC(=O)N[C@@](C)(CC(C)C)CS(=O)(=O)C(C)(C)C)C(C)(C)C. The van der Waals surface area contributed by atoms with Gasteiger partial charge in [-0.05, 0) is 58.3 Å². The number of rotatable bonds is 8. The largest absolute Gasteiger partial charge is 0.467 e. The van der Waals surface area contributed by atoms with Crippen LogP contribution in [0.5, 0.6) is 0 Å². The highest BCUT2D eigenvalue weighted by Gasteiger charge is 2.44. The van der Waals surface area contributed by atoms with E-state index in [-0.39, 0.29) is 17.6 Å². The quantitative estimate of drug-likeness (QED) is 0.491. The highest BCUT2D eigenvalue weighted by atomic mass is 32.2. The predicted octanol–water partition coefficient (Wildman–Crippen LogP) is 2.88. The van der Waals surface area contributed by atoms with Gasteiger partial charge in [0.15, 0.2) is 9.84 Å². The molecule has 198 valence electrons. The van der Waals surface area contributed by atoms with Gasteiger partial charge in [0.25, 0.3) is 0 Å². The van der Waals surface area contributed by atoms with Crippen LogP contribution in [0.15, 0.2) is 0 Å². The zero-order valence-corrected chi connectivity index (χ0v) is 23.4. The monoisotopic (exact) mass is 503 g/mol. The van der Waals surface area contributed by atoms with E-state index in [1.165, 1.54) is 12.0 Å². The Morgan fingerprint density at radius 2 is 1.62 bits per heavy atom. The molecule has 1 heterocycles. The fraction of sp³-hybridized carbons (Fsp3) is 0.875. The molecule has 0 radical (unpaired) electrons. The lowest BCUT2D eigenvalue weighted by Crippen LogP contribution is -2.62. The van der Waals surface area contributed by atoms with Gasteiger partial charge >= 0.3 is 12.0 Å². The molecule has 2 N–H and O–H groups in total. The van der Waals surface area contributed by atoms with E-state index in [0.29, 0.717) is 25.8 Å². The van der Waals surface area contributed by atoms with Crippen LogP contribution in [0.1, 0.15) is 81.6 Å². The van der Waals surface area contributed by atoms with Gasteiger partial charge in [0.05, 0.1) is 23.1 Å². The Bertz CT molecular complexity index is 857. The number of amides is 3. The fourth-order valence-electron chi connectivity index (χ4n) is 4.35. The zero-order valence-electron chi connectivity index (χ0n) is 22.6. The van der Waals surface area contributed by atoms with Gasteiger partial charge in [-0.15, -0.1) is 0 Å². The van der Waals surface area contributed by atoms with Gasteiger partial charge in [0.2, 0.25) is 5.91 Å². The molecule has 1 aliphatic rings. The maximum absolute atomic E-state index is 13.4. The highest BCUT2D eigenvalue weighted by Crippen LogP contribution is 2.28. The number of methoxy groups -OCH3 is 1. The summed E-state index contributed by atoms with van der Waals surface area (Å²) >= 11 is 0. The van der Waals surface area contributed by atoms with Gasteiger partial charge in [0.1, 0.15) is 12.1 Å². The van der Waals surface area contributed by atoms with E-state index < -0.39 is 49.6 Å². The van der Waals surface area contributed by atoms with Crippen molar-refractivity contribution in [3.05, 3.63) is 0 Å². The Morgan fingerprint density at radius 1 is 1.06 bits per heavy atom. The van der Waals surface area contributed by atoms with Crippen LogP contribution in [0.2, 0.25) is 0 Å². The fourth-order valence-corrected chi connectivity index (χ4v) is 5.81. The van der Waals surface area contributed by atoms with E-state index in [0.717, 1.165) is 0 Å². The van der Waals surface area contributed by atoms with Gasteiger partial charge in [0, 0.05) is 6.54 Å². The molecule has 0 aliphatic carbocycles. The van der Waals surface area contributed by atoms with Gasteiger partial charge in [-0.25, -0.2) is 18.0 Å². The summed E-state index contributed by atoms with van der Waals surface area (Å²) in [6, 6.07) is -2.20. The minimum Gasteiger partial charge on any atom is -0.467 e. The van der Waals surface area contributed by atoms with E-state index in [9.17, 15) is 22.8 Å². The molecule has 0 bridgehead atoms. The molecule has 1 unspecified atom stereocenters. The van der Waals surface area contributed by atoms with E-state index >= 15 is 0 Å². The van der Waals surface area contributed by atoms with Crippen LogP contribution >= 0.6 is 0 Å². The van der Waals surface area contributed by atoms with Crippen LogP contribution in [0.4, 0.5) is 4.79 Å². The van der Waals surface area contributed by atoms with Gasteiger partial charge in [-0.2, -0.15) is 0 Å². The number of likely N-dealkylation sites (tertiary alicyclic amines) is 1. The second-order valence-electron chi connectivity index (χ2n) is 12.1. The first kappa shape index (κ1) is 30.2. The van der Waals surface area contributed by atoms with Crippen molar-refractivity contribution in [1.82, 2.24) is 15.5 Å². The maximum Gasteiger partial charge on any atom is 0.328 e. The normalized spacial score (nSPS) is 20.0. The van der Waals surface area contributed by atoms with Crippen molar-refractivity contribution < 1.29 is 27.5 Å². The molecule has 9 nitrogen and oxygen atoms in total. The standard InChI is InChI=1S/C24H45N3O6S/c1-16(2)14-24(9,15-34(31,32)23(6,7)8)26-21(30)25-18(22(3,4)5)19(28)27-13-11-12-17(27)20(29)33-10/h16-18H,11-15H2,1-10H3,(H2,25,26,30)/t17-,18?,24-/m0/s1. The summed E-state index contributed by atoms with van der Waals surface area (Å²) in [7, 11) is -2.23. The molecule has 1 aliphatic heterocycles. The third kappa shape index (κ3) is 7.85. The van der Waals surface area contributed by atoms with Gasteiger partial charge < -0.3 is 20.3 Å². The van der Waals surface area contributed by atoms with Crippen LogP contribution in [-0.4, -0.2) is 73.0 Å². The molecule has 3 amide bonds. The summed E-state index contributed by atoms with van der Waals surface area (Å²) in [5, 5.41) is 5.63. The molecule has 0 spiro atoms. The Kier molecular flexibility index (Phi) is 9.62. The number of hydrogen-bond acceptors (Lipinski definition) is 6. The topological polar surface area (TPSA) is 122 Å². The summed E-state index contributed by atoms with van der Waals surface area (Å²) in [4.78, 5) is 40.2. The molecule has 0 saturated carbocycles. The molecule has 1 rings (SSSR count). The van der Waals surface area contributed by atoms with E-state index in [1.807, 2.05) is 34.6 Å². The van der Waals surface area contributed by atoms with Gasteiger partial charge in [-0.1, -0.05) is 34.6 Å². The zero-order chi connectivity index (χ0) is 26.7. The summed E-state index contributed by atoms with van der Waals surface area (Å²) in [6.45, 7) is 16.5. The average Bonchev–Trinajstić information content (AvgIpc) is 3.11. The van der Waals surface area contributed by atoms with Crippen molar-refractivity contribution in [2.24, 2.45) is 11.3 Å². The first-order valence-corrected chi connectivity index (χ1v) is 13.6. The second kappa shape index (κ2) is 10.8. The lowest BCUT2D eigenvalue weighted by Gasteiger charge is -2.38. The number of hydrogen-bond donors (Lipinski definition) is 2. The van der Waals surface area contributed by atoms with Crippen LogP contribution in [0.25, 0.3) is 0 Å². The van der Waals surface area contributed by atoms with Crippen molar-refractivity contribution in [2.45, 2.75) is 104 Å². The molecule has 3 atom stereocenters. The van der Waals surface area contributed by atoms with Crippen LogP contribution in [0.3, 0.4) is 0 Å². The number of ether oxygens (including phenoxy) is 1. The number of urea groups is 1. The minimum atomic E-state index is -3.52. The third-order valence-corrected chi connectivity index (χ3v) is 9.00. The van der Waals surface area contributed by atoms with Crippen molar-refractivity contribution in [2.75, 3.05) is 19.4 Å². The Balaban J connectivity index is 3.16. The minimum absolute atomic E-state index is 0.130. The van der Waals surface area contributed by atoms with E-state index in [4.69, 9.17) is 4.74 Å². The number of carbonyl (C=O) groups excluding carboxylic acids is 3. The third-order valence-electron chi connectivity index (χ3n) is 6.11. The number of esters is 1. The number of sulfone groups is 1. The molecular weight excluding hydrogens is 458 g/mol. The van der Waals surface area contributed by atoms with Crippen LogP contribution < -0.4 is 10.6 Å². The summed E-state index contributed by atoms with van der Waals surface area (Å²) in [5.74, 6) is -0.922. The van der Waals surface area contributed by atoms with Crippen molar-refractivity contribution in [3.8, 4) is 0 Å². The Morgan fingerprint density at radius 3 is 2.06 bits per heavy atom. The summed E-state index contributed by atoms with van der Waals surface area (Å²) in [5.41, 5.74) is -1.68. The van der Waals surface area contributed by atoms with Crippen LogP contribution in [-0.2, 0) is 24.2 Å². The predicted molar refractivity (Wildman–Crippen MR) is 133 cm³/mol. The molecule has 0 aromatic carbocycles. The highest BCUT2D eigenvalue weighted by molar-refractivity contribution is 7.92. The lowest BCUT2D eigenvalue weighted by atomic mass is 9.85. The Hall–Kier alpha value is -1.84. The Labute approximate surface area is 205 Å². The van der Waals surface area contributed by atoms with Crippen molar-refractivity contribution >= 4 is 27.7 Å². The van der Waals surface area contributed by atoms with Gasteiger partial charge in [-0.3, -0.25) is 4.79 Å². The average molecular weight is 504 g/mol. The molecule has 0 aromatic heterocycles. The van der Waals surface area contributed by atoms with E-state index in [1.54, 1.807) is 27.7 Å². The lowest BCUT2D eigenvalue weighted by molar-refractivity contribution is -0.152. The molecular formula is C24H45N3O6S. The first-order chi connectivity index (χ1) is 15.2. The first-order valence-electron chi connectivity index (χ1n) is 11.9. The van der Waals surface area contributed by atoms with Crippen LogP contribution in [0, 0.1) is 11.3 Å². The maximum atomic E-state index is 13.4. The molecule has 0 aromatic rings. The molecule has 1 saturated heterocycles. The summed E-state index contributed by atoms with van der Waals surface area (Å²) < 4.78 is 29.8. The number of nitrogens with zero attached hydrogens (tertiary/aromatic N) is 1. The smallest absolute Gasteiger partial charge is 0.328 e.